The fourth-order valence-corrected chi connectivity index (χ4v) is 5.19. The lowest BCUT2D eigenvalue weighted by Crippen LogP contribution is -2.48. The van der Waals surface area contributed by atoms with Gasteiger partial charge in [-0.05, 0) is 50.5 Å². The van der Waals surface area contributed by atoms with Crippen LogP contribution in [0.4, 0.5) is 4.39 Å². The summed E-state index contributed by atoms with van der Waals surface area (Å²) in [6, 6.07) is 6.21. The zero-order valence-corrected chi connectivity index (χ0v) is 17.4. The molecule has 1 aromatic heterocycles. The molecule has 5 rings (SSSR count). The van der Waals surface area contributed by atoms with Gasteiger partial charge in [-0.25, -0.2) is 15.2 Å². The maximum absolute atomic E-state index is 14.1. The summed E-state index contributed by atoms with van der Waals surface area (Å²) in [5.74, 6) is 1.93. The first-order chi connectivity index (χ1) is 14.6. The van der Waals surface area contributed by atoms with Crippen LogP contribution in [0.3, 0.4) is 0 Å². The number of hydrazine groups is 1. The van der Waals surface area contributed by atoms with Gasteiger partial charge in [0.15, 0.2) is 0 Å². The van der Waals surface area contributed by atoms with Gasteiger partial charge in [-0.1, -0.05) is 30.3 Å². The van der Waals surface area contributed by atoms with Crippen molar-refractivity contribution < 1.29 is 13.7 Å². The number of rotatable bonds is 3. The SMILES string of the molecule is CC1CCc2noc(C3CCN(C(=O)C4CC(c5ccccc5F)NN4)CC3)c2C1. The third-order valence-corrected chi connectivity index (χ3v) is 6.99. The molecule has 3 atom stereocenters. The van der Waals surface area contributed by atoms with Crippen molar-refractivity contribution in [3.8, 4) is 0 Å². The maximum Gasteiger partial charge on any atom is 0.241 e. The number of aromatic nitrogens is 1. The van der Waals surface area contributed by atoms with Gasteiger partial charge in [-0.2, -0.15) is 0 Å². The predicted octanol–water partition coefficient (Wildman–Crippen LogP) is 3.25. The maximum atomic E-state index is 14.1. The van der Waals surface area contributed by atoms with Crippen LogP contribution in [0, 0.1) is 11.7 Å². The minimum atomic E-state index is -0.329. The largest absolute Gasteiger partial charge is 0.361 e. The number of piperidine rings is 1. The highest BCUT2D eigenvalue weighted by molar-refractivity contribution is 5.82. The molecule has 0 bridgehead atoms. The second-order valence-corrected chi connectivity index (χ2v) is 9.07. The van der Waals surface area contributed by atoms with Gasteiger partial charge < -0.3 is 9.42 Å². The highest BCUT2D eigenvalue weighted by atomic mass is 19.1. The van der Waals surface area contributed by atoms with E-state index in [1.807, 2.05) is 11.0 Å². The van der Waals surface area contributed by atoms with Gasteiger partial charge in [-0.15, -0.1) is 0 Å². The van der Waals surface area contributed by atoms with Crippen molar-refractivity contribution in [1.82, 2.24) is 20.9 Å². The Morgan fingerprint density at radius 1 is 1.20 bits per heavy atom. The van der Waals surface area contributed by atoms with Gasteiger partial charge in [0.25, 0.3) is 0 Å². The second-order valence-electron chi connectivity index (χ2n) is 9.07. The van der Waals surface area contributed by atoms with E-state index in [1.54, 1.807) is 12.1 Å². The summed E-state index contributed by atoms with van der Waals surface area (Å²) in [6.45, 7) is 3.73. The molecule has 2 aliphatic heterocycles. The number of benzene rings is 1. The monoisotopic (exact) mass is 412 g/mol. The lowest BCUT2D eigenvalue weighted by molar-refractivity contribution is -0.134. The lowest BCUT2D eigenvalue weighted by Gasteiger charge is -2.33. The average Bonchev–Trinajstić information content (AvgIpc) is 3.41. The Hall–Kier alpha value is -2.25. The first kappa shape index (κ1) is 19.7. The van der Waals surface area contributed by atoms with Crippen LogP contribution in [0.15, 0.2) is 28.8 Å². The third kappa shape index (κ3) is 3.65. The van der Waals surface area contributed by atoms with E-state index in [4.69, 9.17) is 4.52 Å². The molecule has 3 aliphatic rings. The molecule has 7 heteroatoms. The number of hydrogen-bond acceptors (Lipinski definition) is 5. The van der Waals surface area contributed by atoms with Crippen LogP contribution in [-0.4, -0.2) is 35.1 Å². The predicted molar refractivity (Wildman–Crippen MR) is 110 cm³/mol. The molecule has 1 amide bonds. The van der Waals surface area contributed by atoms with Gasteiger partial charge in [0.05, 0.1) is 11.7 Å². The molecule has 2 fully saturated rings. The van der Waals surface area contributed by atoms with Gasteiger partial charge in [-0.3, -0.25) is 4.79 Å². The molecule has 2 N–H and O–H groups in total. The first-order valence-corrected chi connectivity index (χ1v) is 11.1. The van der Waals surface area contributed by atoms with Crippen molar-refractivity contribution in [2.24, 2.45) is 5.92 Å². The fraction of sp³-hybridized carbons (Fsp3) is 0.565. The topological polar surface area (TPSA) is 70.4 Å². The Labute approximate surface area is 176 Å². The van der Waals surface area contributed by atoms with Gasteiger partial charge in [0, 0.05) is 30.1 Å². The molecule has 30 heavy (non-hydrogen) atoms. The summed E-state index contributed by atoms with van der Waals surface area (Å²) in [5.41, 5.74) is 9.24. The molecule has 0 spiro atoms. The fourth-order valence-electron chi connectivity index (χ4n) is 5.19. The number of fused-ring (bicyclic) bond motifs is 1. The molecule has 160 valence electrons. The number of nitrogens with zero attached hydrogens (tertiary/aromatic N) is 2. The van der Waals surface area contributed by atoms with Crippen LogP contribution in [0.5, 0.6) is 0 Å². The van der Waals surface area contributed by atoms with Crippen molar-refractivity contribution in [3.63, 3.8) is 0 Å². The van der Waals surface area contributed by atoms with Crippen molar-refractivity contribution in [2.75, 3.05) is 13.1 Å². The molecule has 2 aromatic rings. The van der Waals surface area contributed by atoms with E-state index < -0.39 is 0 Å². The minimum Gasteiger partial charge on any atom is -0.361 e. The summed E-state index contributed by atoms with van der Waals surface area (Å²) >= 11 is 0. The minimum absolute atomic E-state index is 0.0908. The van der Waals surface area contributed by atoms with Crippen molar-refractivity contribution in [3.05, 3.63) is 52.7 Å². The number of halogens is 1. The molecular weight excluding hydrogens is 383 g/mol. The summed E-state index contributed by atoms with van der Waals surface area (Å²) in [7, 11) is 0. The van der Waals surface area contributed by atoms with Crippen molar-refractivity contribution >= 4 is 5.91 Å². The molecule has 1 aliphatic carbocycles. The van der Waals surface area contributed by atoms with Crippen molar-refractivity contribution in [1.29, 1.82) is 0 Å². The van der Waals surface area contributed by atoms with Crippen LogP contribution >= 0.6 is 0 Å². The Morgan fingerprint density at radius 3 is 2.80 bits per heavy atom. The van der Waals surface area contributed by atoms with Crippen molar-refractivity contribution in [2.45, 2.75) is 63.5 Å². The van der Waals surface area contributed by atoms with E-state index >= 15 is 0 Å². The molecule has 6 nitrogen and oxygen atoms in total. The Morgan fingerprint density at radius 2 is 2.00 bits per heavy atom. The van der Waals surface area contributed by atoms with E-state index in [1.165, 1.54) is 18.1 Å². The number of hydrogen-bond donors (Lipinski definition) is 2. The normalized spacial score (nSPS) is 27.3. The van der Waals surface area contributed by atoms with E-state index in [0.29, 0.717) is 23.8 Å². The van der Waals surface area contributed by atoms with E-state index in [-0.39, 0.29) is 23.8 Å². The number of nitrogens with one attached hydrogen (secondary N) is 2. The highest BCUT2D eigenvalue weighted by Gasteiger charge is 2.36. The summed E-state index contributed by atoms with van der Waals surface area (Å²) in [5, 5.41) is 4.32. The third-order valence-electron chi connectivity index (χ3n) is 6.99. The molecule has 3 unspecified atom stereocenters. The van der Waals surface area contributed by atoms with E-state index in [2.05, 4.69) is 22.9 Å². The second kappa shape index (κ2) is 8.12. The number of amides is 1. The van der Waals surface area contributed by atoms with Crippen LogP contribution < -0.4 is 10.9 Å². The quantitative estimate of drug-likeness (QED) is 0.810. The molecule has 0 saturated carbocycles. The van der Waals surface area contributed by atoms with Crippen LogP contribution in [0.25, 0.3) is 0 Å². The van der Waals surface area contributed by atoms with Crippen LogP contribution in [0.1, 0.15) is 67.1 Å². The van der Waals surface area contributed by atoms with Gasteiger partial charge in [0.2, 0.25) is 5.91 Å². The Kier molecular flexibility index (Phi) is 5.33. The number of carbonyl (C=O) groups excluding carboxylic acids is 1. The summed E-state index contributed by atoms with van der Waals surface area (Å²) in [6.07, 6.45) is 5.61. The van der Waals surface area contributed by atoms with Crippen LogP contribution in [0.2, 0.25) is 0 Å². The molecule has 1 aromatic carbocycles. The number of aryl methyl sites for hydroxylation is 1. The van der Waals surface area contributed by atoms with Gasteiger partial charge >= 0.3 is 0 Å². The Bertz CT molecular complexity index is 922. The zero-order chi connectivity index (χ0) is 20.7. The smallest absolute Gasteiger partial charge is 0.241 e. The molecule has 2 saturated heterocycles. The van der Waals surface area contributed by atoms with E-state index in [0.717, 1.165) is 50.2 Å². The first-order valence-electron chi connectivity index (χ1n) is 11.1. The highest BCUT2D eigenvalue weighted by Crippen LogP contribution is 2.36. The summed E-state index contributed by atoms with van der Waals surface area (Å²) < 4.78 is 19.8. The summed E-state index contributed by atoms with van der Waals surface area (Å²) in [4.78, 5) is 15.0. The molecule has 3 heterocycles. The van der Waals surface area contributed by atoms with Gasteiger partial charge in [0.1, 0.15) is 17.6 Å². The number of likely N-dealkylation sites (tertiary alicyclic amines) is 1. The average molecular weight is 413 g/mol. The molecule has 0 radical (unpaired) electrons. The molecular formula is C23H29FN4O2. The lowest BCUT2D eigenvalue weighted by atomic mass is 9.83. The van der Waals surface area contributed by atoms with E-state index in [9.17, 15) is 9.18 Å². The Balaban J connectivity index is 1.19. The standard InChI is InChI=1S/C23H29FN4O2/c1-14-6-7-19-17(12-14)22(30-27-19)15-8-10-28(11-9-15)23(29)21-13-20(25-26-21)16-4-2-3-5-18(16)24/h2-5,14-15,20-21,25-26H,6-13H2,1H3. The van der Waals surface area contributed by atoms with Crippen LogP contribution in [-0.2, 0) is 17.6 Å². The zero-order valence-electron chi connectivity index (χ0n) is 17.4. The number of carbonyl (C=O) groups is 1.